The third kappa shape index (κ3) is 13.3. The molecule has 0 aromatic heterocycles. The van der Waals surface area contributed by atoms with Crippen LogP contribution in [0.15, 0.2) is 0 Å². The van der Waals surface area contributed by atoms with E-state index in [4.69, 9.17) is 13.6 Å². The Morgan fingerprint density at radius 2 is 1.46 bits per heavy atom. The van der Waals surface area contributed by atoms with Crippen molar-refractivity contribution in [1.82, 2.24) is 0 Å². The van der Waals surface area contributed by atoms with E-state index >= 15 is 0 Å². The van der Waals surface area contributed by atoms with Crippen LogP contribution in [-0.2, 0) is 27.7 Å². The van der Waals surface area contributed by atoms with Gasteiger partial charge in [-0.2, -0.15) is 0 Å². The SMILES string of the molecule is CCCCCC(=O)SC[C@@H](COP(=O)(OC)OC)SC(=O)CCCCC. The molecule has 26 heavy (non-hydrogen) atoms. The number of unbranched alkanes of at least 4 members (excludes halogenated alkanes) is 4. The first-order chi connectivity index (χ1) is 12.4. The van der Waals surface area contributed by atoms with Crippen LogP contribution in [0.2, 0.25) is 0 Å². The van der Waals surface area contributed by atoms with Crippen LogP contribution in [0.5, 0.6) is 0 Å². The van der Waals surface area contributed by atoms with E-state index < -0.39 is 7.82 Å². The zero-order chi connectivity index (χ0) is 19.8. The van der Waals surface area contributed by atoms with Gasteiger partial charge in [-0.25, -0.2) is 4.57 Å². The molecule has 0 spiro atoms. The monoisotopic (exact) mass is 428 g/mol. The molecule has 0 aromatic rings. The van der Waals surface area contributed by atoms with Crippen molar-refractivity contribution in [2.45, 2.75) is 70.5 Å². The molecule has 0 rings (SSSR count). The number of rotatable bonds is 16. The van der Waals surface area contributed by atoms with Gasteiger partial charge in [-0.05, 0) is 12.8 Å². The summed E-state index contributed by atoms with van der Waals surface area (Å²) in [5.41, 5.74) is 0. The Balaban J connectivity index is 4.54. The van der Waals surface area contributed by atoms with Gasteiger partial charge in [0.05, 0.1) is 6.61 Å². The largest absolute Gasteiger partial charge is 0.474 e. The third-order valence-electron chi connectivity index (χ3n) is 3.56. The highest BCUT2D eigenvalue weighted by atomic mass is 32.2. The molecule has 0 fully saturated rings. The van der Waals surface area contributed by atoms with Crippen LogP contribution in [0.1, 0.15) is 65.2 Å². The van der Waals surface area contributed by atoms with Gasteiger partial charge in [0.2, 0.25) is 0 Å². The van der Waals surface area contributed by atoms with Crippen molar-refractivity contribution in [2.75, 3.05) is 26.6 Å². The Hall–Kier alpha value is 0.150. The summed E-state index contributed by atoms with van der Waals surface area (Å²) < 4.78 is 26.8. The van der Waals surface area contributed by atoms with E-state index in [1.807, 2.05) is 0 Å². The minimum absolute atomic E-state index is 0.0262. The summed E-state index contributed by atoms with van der Waals surface area (Å²) in [5, 5.41) is -0.0947. The molecule has 0 aliphatic carbocycles. The minimum Gasteiger partial charge on any atom is -0.290 e. The van der Waals surface area contributed by atoms with Crippen molar-refractivity contribution >= 4 is 41.6 Å². The summed E-state index contributed by atoms with van der Waals surface area (Å²) in [6.07, 6.45) is 6.95. The van der Waals surface area contributed by atoms with Gasteiger partial charge in [0.25, 0.3) is 0 Å². The standard InChI is InChI=1S/C17H33O6PS2/c1-5-7-9-11-16(18)25-14-15(13-23-24(20,21-3)22-4)26-17(19)12-10-8-6-2/h15H,5-14H2,1-4H3/t15-/m1/s1. The summed E-state index contributed by atoms with van der Waals surface area (Å²) in [4.78, 5) is 24.1. The normalized spacial score (nSPS) is 12.9. The zero-order valence-corrected chi connectivity index (χ0v) is 18.9. The summed E-state index contributed by atoms with van der Waals surface area (Å²) in [6, 6.07) is 0. The van der Waals surface area contributed by atoms with Gasteiger partial charge >= 0.3 is 7.82 Å². The van der Waals surface area contributed by atoms with Crippen LogP contribution >= 0.6 is 31.3 Å². The fourth-order valence-electron chi connectivity index (χ4n) is 2.01. The Morgan fingerprint density at radius 1 is 0.923 bits per heavy atom. The van der Waals surface area contributed by atoms with Crippen LogP contribution in [0.4, 0.5) is 0 Å². The van der Waals surface area contributed by atoms with E-state index in [0.29, 0.717) is 18.6 Å². The fourth-order valence-corrected chi connectivity index (χ4v) is 4.84. The zero-order valence-electron chi connectivity index (χ0n) is 16.4. The lowest BCUT2D eigenvalue weighted by Gasteiger charge is -2.18. The summed E-state index contributed by atoms with van der Waals surface area (Å²) in [5.74, 6) is 0.433. The summed E-state index contributed by atoms with van der Waals surface area (Å²) >= 11 is 2.37. The first kappa shape index (κ1) is 26.1. The molecule has 9 heteroatoms. The molecule has 0 aliphatic heterocycles. The van der Waals surface area contributed by atoms with Gasteiger partial charge < -0.3 is 0 Å². The van der Waals surface area contributed by atoms with E-state index in [2.05, 4.69) is 13.8 Å². The second-order valence-corrected chi connectivity index (χ2v) is 10.1. The van der Waals surface area contributed by atoms with Crippen LogP contribution in [0.25, 0.3) is 0 Å². The molecule has 0 radical (unpaired) electrons. The second-order valence-electron chi connectivity index (χ2n) is 5.82. The lowest BCUT2D eigenvalue weighted by atomic mass is 10.2. The molecule has 0 amide bonds. The van der Waals surface area contributed by atoms with Crippen molar-refractivity contribution in [1.29, 1.82) is 0 Å². The number of thioether (sulfide) groups is 2. The van der Waals surface area contributed by atoms with E-state index in [1.54, 1.807) is 0 Å². The molecule has 0 unspecified atom stereocenters. The maximum atomic E-state index is 12.1. The van der Waals surface area contributed by atoms with Crippen molar-refractivity contribution in [3.05, 3.63) is 0 Å². The molecule has 1 atom stereocenters. The van der Waals surface area contributed by atoms with Crippen LogP contribution in [0.3, 0.4) is 0 Å². The van der Waals surface area contributed by atoms with E-state index in [-0.39, 0.29) is 22.1 Å². The maximum absolute atomic E-state index is 12.1. The number of hydrogen-bond donors (Lipinski definition) is 0. The van der Waals surface area contributed by atoms with Crippen LogP contribution in [-0.4, -0.2) is 42.1 Å². The number of phosphoric acid groups is 1. The lowest BCUT2D eigenvalue weighted by Crippen LogP contribution is -2.18. The Kier molecular flexibility index (Phi) is 16.2. The van der Waals surface area contributed by atoms with Crippen molar-refractivity contribution in [3.63, 3.8) is 0 Å². The smallest absolute Gasteiger partial charge is 0.290 e. The number of hydrogen-bond acceptors (Lipinski definition) is 8. The molecule has 0 heterocycles. The minimum atomic E-state index is -3.59. The maximum Gasteiger partial charge on any atom is 0.474 e. The van der Waals surface area contributed by atoms with E-state index in [9.17, 15) is 14.2 Å². The fraction of sp³-hybridized carbons (Fsp3) is 0.882. The molecule has 0 saturated carbocycles. The number of phosphoric ester groups is 1. The molecule has 0 saturated heterocycles. The predicted molar refractivity (Wildman–Crippen MR) is 110 cm³/mol. The Labute approximate surface area is 166 Å². The highest BCUT2D eigenvalue weighted by molar-refractivity contribution is 8.17. The first-order valence-corrected chi connectivity index (χ1v) is 12.4. The molecule has 0 aromatic carbocycles. The highest BCUT2D eigenvalue weighted by Crippen LogP contribution is 2.48. The lowest BCUT2D eigenvalue weighted by molar-refractivity contribution is -0.112. The average molecular weight is 429 g/mol. The molecule has 6 nitrogen and oxygen atoms in total. The van der Waals surface area contributed by atoms with Gasteiger partial charge in [0.15, 0.2) is 10.2 Å². The van der Waals surface area contributed by atoms with Crippen molar-refractivity contribution < 1.29 is 27.7 Å². The highest BCUT2D eigenvalue weighted by Gasteiger charge is 2.26. The van der Waals surface area contributed by atoms with Gasteiger partial charge in [0, 0.05) is 38.1 Å². The first-order valence-electron chi connectivity index (χ1n) is 9.11. The molecular formula is C17H33O6PS2. The molecular weight excluding hydrogens is 395 g/mol. The number of carbonyl (C=O) groups excluding carboxylic acids is 2. The Bertz CT molecular complexity index is 439. The van der Waals surface area contributed by atoms with Gasteiger partial charge in [0.1, 0.15) is 0 Å². The average Bonchev–Trinajstić information content (AvgIpc) is 2.64. The quantitative estimate of drug-likeness (QED) is 0.237. The van der Waals surface area contributed by atoms with E-state index in [0.717, 1.165) is 50.3 Å². The van der Waals surface area contributed by atoms with Crippen molar-refractivity contribution in [3.8, 4) is 0 Å². The summed E-state index contributed by atoms with van der Waals surface area (Å²) in [7, 11) is -1.10. The number of carbonyl (C=O) groups is 2. The predicted octanol–water partition coefficient (Wildman–Crippen LogP) is 5.45. The van der Waals surface area contributed by atoms with Crippen molar-refractivity contribution in [2.24, 2.45) is 0 Å². The third-order valence-corrected chi connectivity index (χ3v) is 7.33. The van der Waals surface area contributed by atoms with Gasteiger partial charge in [-0.15, -0.1) is 0 Å². The molecule has 154 valence electrons. The molecule has 0 aliphatic rings. The van der Waals surface area contributed by atoms with Crippen LogP contribution in [0, 0.1) is 0 Å². The van der Waals surface area contributed by atoms with E-state index in [1.165, 1.54) is 26.0 Å². The van der Waals surface area contributed by atoms with Gasteiger partial charge in [-0.1, -0.05) is 63.1 Å². The van der Waals surface area contributed by atoms with Crippen LogP contribution < -0.4 is 0 Å². The summed E-state index contributed by atoms with van der Waals surface area (Å²) in [6.45, 7) is 4.20. The topological polar surface area (TPSA) is 78.9 Å². The molecule has 0 bridgehead atoms. The Morgan fingerprint density at radius 3 is 1.96 bits per heavy atom. The van der Waals surface area contributed by atoms with Gasteiger partial charge in [-0.3, -0.25) is 23.2 Å². The second kappa shape index (κ2) is 16.1. The molecule has 0 N–H and O–H groups in total.